The lowest BCUT2D eigenvalue weighted by Gasteiger charge is -2.45. The van der Waals surface area contributed by atoms with Gasteiger partial charge in [-0.1, -0.05) is 71.7 Å². The number of nitrogens with zero attached hydrogens (tertiary/aromatic N) is 2. The summed E-state index contributed by atoms with van der Waals surface area (Å²) in [7, 11) is 1.72. The molecule has 202 valence electrons. The molecule has 2 saturated heterocycles. The summed E-state index contributed by atoms with van der Waals surface area (Å²) in [5.41, 5.74) is 2.86. The Morgan fingerprint density at radius 2 is 1.61 bits per heavy atom. The lowest BCUT2D eigenvalue weighted by atomic mass is 9.71. The Morgan fingerprint density at radius 1 is 0.816 bits per heavy atom. The van der Waals surface area contributed by atoms with Crippen molar-refractivity contribution in [2.75, 3.05) is 39.8 Å². The summed E-state index contributed by atoms with van der Waals surface area (Å²) in [6.45, 7) is 5.75. The van der Waals surface area contributed by atoms with E-state index in [1.807, 2.05) is 42.5 Å². The van der Waals surface area contributed by atoms with Gasteiger partial charge in [-0.05, 0) is 86.1 Å². The van der Waals surface area contributed by atoms with Gasteiger partial charge in [0.25, 0.3) is 0 Å². The number of benzene rings is 3. The average Bonchev–Trinajstić information content (AvgIpc) is 2.95. The lowest BCUT2D eigenvalue weighted by Crippen LogP contribution is -2.49. The number of piperidine rings is 2. The van der Waals surface area contributed by atoms with E-state index >= 15 is 0 Å². The molecule has 2 fully saturated rings. The van der Waals surface area contributed by atoms with Crippen molar-refractivity contribution in [2.45, 2.75) is 49.7 Å². The van der Waals surface area contributed by atoms with E-state index in [-0.39, 0.29) is 5.41 Å². The maximum absolute atomic E-state index is 11.3. The van der Waals surface area contributed by atoms with Crippen LogP contribution in [0, 0.1) is 0 Å². The third-order valence-corrected chi connectivity index (χ3v) is 9.37. The summed E-state index contributed by atoms with van der Waals surface area (Å²) in [6.07, 6.45) is 4.83. The number of methoxy groups -OCH3 is 1. The van der Waals surface area contributed by atoms with Crippen LogP contribution in [0.25, 0.3) is 0 Å². The van der Waals surface area contributed by atoms with Crippen LogP contribution in [0.4, 0.5) is 0 Å². The van der Waals surface area contributed by atoms with E-state index in [9.17, 15) is 5.11 Å². The Bertz CT molecular complexity index is 1210. The highest BCUT2D eigenvalue weighted by Crippen LogP contribution is 2.41. The molecule has 1 atom stereocenters. The molecule has 4 nitrogen and oxygen atoms in total. The summed E-state index contributed by atoms with van der Waals surface area (Å²) in [5, 5.41) is 12.5. The molecular formula is C32H38Cl2N2O2. The van der Waals surface area contributed by atoms with Crippen molar-refractivity contribution in [2.24, 2.45) is 0 Å². The van der Waals surface area contributed by atoms with Crippen LogP contribution in [0.3, 0.4) is 0 Å². The minimum atomic E-state index is -0.725. The maximum Gasteiger partial charge on any atom is 0.119 e. The number of rotatable bonds is 8. The second-order valence-electron chi connectivity index (χ2n) is 11.1. The number of aliphatic hydroxyl groups is 1. The van der Waals surface area contributed by atoms with Gasteiger partial charge in [0.1, 0.15) is 5.75 Å². The fourth-order valence-corrected chi connectivity index (χ4v) is 6.66. The molecule has 1 N–H and O–H groups in total. The molecule has 2 aliphatic rings. The van der Waals surface area contributed by atoms with E-state index in [2.05, 4.69) is 40.1 Å². The van der Waals surface area contributed by atoms with E-state index < -0.39 is 5.60 Å². The summed E-state index contributed by atoms with van der Waals surface area (Å²) < 4.78 is 5.46. The van der Waals surface area contributed by atoms with Crippen molar-refractivity contribution >= 4 is 23.2 Å². The topological polar surface area (TPSA) is 35.9 Å². The molecule has 2 aliphatic heterocycles. The first-order valence-corrected chi connectivity index (χ1v) is 14.5. The normalized spacial score (nSPS) is 22.3. The van der Waals surface area contributed by atoms with Gasteiger partial charge in [-0.3, -0.25) is 4.90 Å². The molecule has 0 aliphatic carbocycles. The Hall–Kier alpha value is -2.08. The van der Waals surface area contributed by atoms with Gasteiger partial charge in [0.05, 0.1) is 22.8 Å². The Balaban J connectivity index is 1.31. The molecule has 0 saturated carbocycles. The summed E-state index contributed by atoms with van der Waals surface area (Å²) in [6, 6.07) is 24.7. The second-order valence-corrected chi connectivity index (χ2v) is 11.9. The molecule has 3 aromatic carbocycles. The molecule has 0 bridgehead atoms. The number of hydrogen-bond donors (Lipinski definition) is 1. The summed E-state index contributed by atoms with van der Waals surface area (Å²) in [4.78, 5) is 5.10. The molecule has 5 rings (SSSR count). The van der Waals surface area contributed by atoms with Gasteiger partial charge in [-0.15, -0.1) is 0 Å². The van der Waals surface area contributed by atoms with E-state index in [1.165, 1.54) is 11.1 Å². The lowest BCUT2D eigenvalue weighted by molar-refractivity contribution is -0.0280. The third-order valence-electron chi connectivity index (χ3n) is 8.63. The van der Waals surface area contributed by atoms with Gasteiger partial charge in [0.2, 0.25) is 0 Å². The van der Waals surface area contributed by atoms with Crippen LogP contribution in [0.1, 0.15) is 48.8 Å². The smallest absolute Gasteiger partial charge is 0.119 e. The molecular weight excluding hydrogens is 515 g/mol. The molecule has 1 unspecified atom stereocenters. The van der Waals surface area contributed by atoms with Gasteiger partial charge in [0.15, 0.2) is 0 Å². The van der Waals surface area contributed by atoms with Crippen LogP contribution in [0.2, 0.25) is 10.0 Å². The monoisotopic (exact) mass is 552 g/mol. The predicted molar refractivity (Wildman–Crippen MR) is 156 cm³/mol. The second kappa shape index (κ2) is 12.0. The minimum absolute atomic E-state index is 0.00146. The first kappa shape index (κ1) is 27.5. The van der Waals surface area contributed by atoms with Crippen molar-refractivity contribution in [3.8, 4) is 5.75 Å². The third kappa shape index (κ3) is 6.21. The number of likely N-dealkylation sites (tertiary alicyclic amines) is 2. The van der Waals surface area contributed by atoms with Crippen molar-refractivity contribution in [1.29, 1.82) is 0 Å². The van der Waals surface area contributed by atoms with E-state index in [1.54, 1.807) is 7.11 Å². The largest absolute Gasteiger partial charge is 0.497 e. The van der Waals surface area contributed by atoms with Crippen molar-refractivity contribution in [3.63, 3.8) is 0 Å². The van der Waals surface area contributed by atoms with Crippen LogP contribution in [-0.2, 0) is 17.6 Å². The molecule has 38 heavy (non-hydrogen) atoms. The predicted octanol–water partition coefficient (Wildman–Crippen LogP) is 6.91. The van der Waals surface area contributed by atoms with Crippen molar-refractivity contribution < 1.29 is 9.84 Å². The van der Waals surface area contributed by atoms with Gasteiger partial charge >= 0.3 is 0 Å². The molecule has 0 radical (unpaired) electrons. The minimum Gasteiger partial charge on any atom is -0.497 e. The Kier molecular flexibility index (Phi) is 8.66. The SMILES string of the molecule is COc1cccc(CN2CCCC(CCN3CCC(O)(c4ccccc4)CC3)(c3ccc(Cl)c(Cl)c3)C2)c1. The molecule has 0 amide bonds. The van der Waals surface area contributed by atoms with Gasteiger partial charge in [-0.2, -0.15) is 0 Å². The standard InChI is InChI=1S/C32H38Cl2N2O2/c1-38-28-10-5-7-25(21-28)23-36-17-6-13-31(24-36,27-11-12-29(33)30(34)22-27)14-18-35-19-15-32(37,16-20-35)26-8-3-2-4-9-26/h2-5,7-12,21-22,37H,6,13-20,23-24H2,1H3. The maximum atomic E-state index is 11.3. The number of halogens is 2. The highest BCUT2D eigenvalue weighted by molar-refractivity contribution is 6.42. The zero-order valence-corrected chi connectivity index (χ0v) is 23.7. The van der Waals surface area contributed by atoms with Crippen LogP contribution in [-0.4, -0.2) is 54.7 Å². The van der Waals surface area contributed by atoms with Crippen LogP contribution >= 0.6 is 23.2 Å². The first-order valence-electron chi connectivity index (χ1n) is 13.7. The number of hydrogen-bond acceptors (Lipinski definition) is 4. The molecule has 0 spiro atoms. The fourth-order valence-electron chi connectivity index (χ4n) is 6.36. The summed E-state index contributed by atoms with van der Waals surface area (Å²) in [5.74, 6) is 0.899. The van der Waals surface area contributed by atoms with Crippen molar-refractivity contribution in [3.05, 3.63) is 99.5 Å². The quantitative estimate of drug-likeness (QED) is 0.329. The Morgan fingerprint density at radius 3 is 2.34 bits per heavy atom. The first-order chi connectivity index (χ1) is 18.4. The van der Waals surface area contributed by atoms with E-state index in [0.29, 0.717) is 10.0 Å². The zero-order chi connectivity index (χ0) is 26.6. The van der Waals surface area contributed by atoms with Crippen LogP contribution in [0.5, 0.6) is 5.75 Å². The number of ether oxygens (including phenoxy) is 1. The van der Waals surface area contributed by atoms with Crippen LogP contribution < -0.4 is 4.74 Å². The average molecular weight is 554 g/mol. The molecule has 6 heteroatoms. The molecule has 2 heterocycles. The highest BCUT2D eigenvalue weighted by Gasteiger charge is 2.39. The highest BCUT2D eigenvalue weighted by atomic mass is 35.5. The molecule has 3 aromatic rings. The van der Waals surface area contributed by atoms with Gasteiger partial charge < -0.3 is 14.7 Å². The molecule has 0 aromatic heterocycles. The van der Waals surface area contributed by atoms with E-state index in [0.717, 1.165) is 82.7 Å². The Labute approximate surface area is 237 Å². The van der Waals surface area contributed by atoms with E-state index in [4.69, 9.17) is 27.9 Å². The van der Waals surface area contributed by atoms with Crippen LogP contribution in [0.15, 0.2) is 72.8 Å². The fraction of sp³-hybridized carbons (Fsp3) is 0.438. The van der Waals surface area contributed by atoms with Crippen molar-refractivity contribution in [1.82, 2.24) is 9.80 Å². The summed E-state index contributed by atoms with van der Waals surface area (Å²) >= 11 is 12.9. The zero-order valence-electron chi connectivity index (χ0n) is 22.2. The van der Waals surface area contributed by atoms with Gasteiger partial charge in [0, 0.05) is 31.6 Å². The van der Waals surface area contributed by atoms with Gasteiger partial charge in [-0.25, -0.2) is 0 Å².